The van der Waals surface area contributed by atoms with Gasteiger partial charge >= 0.3 is 12.1 Å². The van der Waals surface area contributed by atoms with Crippen molar-refractivity contribution in [2.75, 3.05) is 23.3 Å². The Hall–Kier alpha value is -2.84. The smallest absolute Gasteiger partial charge is 0.391 e. The van der Waals surface area contributed by atoms with Gasteiger partial charge in [0.25, 0.3) is 0 Å². The zero-order chi connectivity index (χ0) is 20.8. The molecule has 4 rings (SSSR count). The molecule has 5 nitrogen and oxygen atoms in total. The molecule has 1 aromatic heterocycles. The summed E-state index contributed by atoms with van der Waals surface area (Å²) in [7, 11) is 0. The number of aromatic nitrogens is 1. The summed E-state index contributed by atoms with van der Waals surface area (Å²) in [6, 6.07) is 6.40. The van der Waals surface area contributed by atoms with Gasteiger partial charge in [-0.05, 0) is 38.0 Å². The van der Waals surface area contributed by atoms with Gasteiger partial charge in [0.1, 0.15) is 5.75 Å². The summed E-state index contributed by atoms with van der Waals surface area (Å²) in [4.78, 5) is 17.3. The van der Waals surface area contributed by atoms with Crippen molar-refractivity contribution in [3.8, 4) is 5.75 Å². The number of hydrogen-bond acceptors (Lipinski definition) is 5. The number of carbonyl (C=O) groups excluding carboxylic acids is 1. The van der Waals surface area contributed by atoms with E-state index in [1.54, 1.807) is 30.0 Å². The van der Waals surface area contributed by atoms with Crippen LogP contribution in [-0.4, -0.2) is 30.2 Å². The molecule has 2 aliphatic rings. The Labute approximate surface area is 164 Å². The number of nitrogens with zero attached hydrogens (tertiary/aromatic N) is 2. The minimum atomic E-state index is -4.21. The monoisotopic (exact) mass is 409 g/mol. The molecule has 1 atom stereocenters. The van der Waals surface area contributed by atoms with E-state index in [0.717, 1.165) is 5.56 Å². The maximum absolute atomic E-state index is 14.6. The first-order valence-electron chi connectivity index (χ1n) is 9.32. The Balaban J connectivity index is 1.46. The number of alkyl halides is 3. The third-order valence-electron chi connectivity index (χ3n) is 5.41. The van der Waals surface area contributed by atoms with Gasteiger partial charge < -0.3 is 15.0 Å². The first-order valence-corrected chi connectivity index (χ1v) is 9.32. The summed E-state index contributed by atoms with van der Waals surface area (Å²) in [6.45, 7) is 1.96. The molecule has 9 heteroatoms. The zero-order valence-corrected chi connectivity index (χ0v) is 15.6. The molecule has 1 fully saturated rings. The number of anilines is 3. The van der Waals surface area contributed by atoms with Crippen LogP contribution in [0.1, 0.15) is 31.2 Å². The molecule has 154 valence electrons. The maximum atomic E-state index is 14.6. The fourth-order valence-corrected chi connectivity index (χ4v) is 3.70. The summed E-state index contributed by atoms with van der Waals surface area (Å²) in [5, 5.41) is 3.03. The lowest BCUT2D eigenvalue weighted by Crippen LogP contribution is -2.39. The van der Waals surface area contributed by atoms with E-state index in [-0.39, 0.29) is 43.6 Å². The Morgan fingerprint density at radius 2 is 1.90 bits per heavy atom. The molecular formula is C20H19F4N3O2. The van der Waals surface area contributed by atoms with Crippen LogP contribution in [0.4, 0.5) is 34.8 Å². The molecule has 2 aromatic rings. The first-order chi connectivity index (χ1) is 13.7. The Morgan fingerprint density at radius 3 is 2.55 bits per heavy atom. The van der Waals surface area contributed by atoms with Crippen molar-refractivity contribution in [1.29, 1.82) is 0 Å². The van der Waals surface area contributed by atoms with Crippen LogP contribution < -0.4 is 15.0 Å². The number of fused-ring (bicyclic) bond motifs is 1. The van der Waals surface area contributed by atoms with Crippen molar-refractivity contribution in [3.63, 3.8) is 0 Å². The van der Waals surface area contributed by atoms with Gasteiger partial charge in [-0.1, -0.05) is 0 Å². The summed E-state index contributed by atoms with van der Waals surface area (Å²) >= 11 is 0. The van der Waals surface area contributed by atoms with Crippen LogP contribution in [0.2, 0.25) is 0 Å². The normalized spacial score (nSPS) is 19.8. The highest BCUT2D eigenvalue weighted by atomic mass is 19.4. The molecule has 1 aromatic carbocycles. The van der Waals surface area contributed by atoms with Crippen LogP contribution in [-0.2, 0) is 4.79 Å². The first kappa shape index (κ1) is 19.5. The Morgan fingerprint density at radius 1 is 1.17 bits per heavy atom. The molecule has 0 aliphatic carbocycles. The van der Waals surface area contributed by atoms with Gasteiger partial charge in [0.05, 0.1) is 23.7 Å². The van der Waals surface area contributed by atoms with Gasteiger partial charge in [-0.3, -0.25) is 4.79 Å². The number of ether oxygens (including phenoxy) is 1. The van der Waals surface area contributed by atoms with Crippen LogP contribution in [0.3, 0.4) is 0 Å². The van der Waals surface area contributed by atoms with Crippen LogP contribution in [0.25, 0.3) is 0 Å². The molecule has 1 unspecified atom stereocenters. The van der Waals surface area contributed by atoms with E-state index in [1.165, 1.54) is 12.3 Å². The van der Waals surface area contributed by atoms with Crippen molar-refractivity contribution in [2.45, 2.75) is 31.9 Å². The number of rotatable bonds is 3. The molecular weight excluding hydrogens is 390 g/mol. The van der Waals surface area contributed by atoms with Crippen LogP contribution in [0, 0.1) is 11.7 Å². The fourth-order valence-electron chi connectivity index (χ4n) is 3.70. The maximum Gasteiger partial charge on any atom is 0.391 e. The number of carbonyl (C=O) groups is 1. The predicted octanol–water partition coefficient (Wildman–Crippen LogP) is 4.77. The highest BCUT2D eigenvalue weighted by Crippen LogP contribution is 2.38. The number of nitrogens with one attached hydrogen (secondary N) is 1. The van der Waals surface area contributed by atoms with Gasteiger partial charge in [0.15, 0.2) is 11.6 Å². The van der Waals surface area contributed by atoms with Crippen molar-refractivity contribution in [3.05, 3.63) is 41.8 Å². The van der Waals surface area contributed by atoms with Crippen molar-refractivity contribution >= 4 is 23.2 Å². The van der Waals surface area contributed by atoms with Gasteiger partial charge in [-0.15, -0.1) is 0 Å². The van der Waals surface area contributed by atoms with Crippen LogP contribution >= 0.6 is 0 Å². The average molecular weight is 409 g/mol. The minimum Gasteiger partial charge on any atom is -0.426 e. The molecule has 1 N–H and O–H groups in total. The van der Waals surface area contributed by atoms with Gasteiger partial charge in [-0.25, -0.2) is 9.37 Å². The summed E-state index contributed by atoms with van der Waals surface area (Å²) in [6.07, 6.45) is -2.92. The molecule has 1 saturated heterocycles. The lowest BCUT2D eigenvalue weighted by molar-refractivity contribution is -0.179. The lowest BCUT2D eigenvalue weighted by atomic mass is 9.96. The molecule has 3 heterocycles. The highest BCUT2D eigenvalue weighted by molar-refractivity contribution is 5.86. The molecule has 0 saturated carbocycles. The largest absolute Gasteiger partial charge is 0.426 e. The molecule has 0 bridgehead atoms. The number of hydrogen-bond donors (Lipinski definition) is 1. The second-order valence-corrected chi connectivity index (χ2v) is 7.35. The van der Waals surface area contributed by atoms with Crippen molar-refractivity contribution in [2.24, 2.45) is 5.92 Å². The van der Waals surface area contributed by atoms with E-state index < -0.39 is 17.9 Å². The minimum absolute atomic E-state index is 0.0535. The fraction of sp³-hybridized carbons (Fsp3) is 0.400. The van der Waals surface area contributed by atoms with Crippen LogP contribution in [0.15, 0.2) is 30.5 Å². The van der Waals surface area contributed by atoms with E-state index in [1.807, 2.05) is 0 Å². The number of halogens is 4. The third kappa shape index (κ3) is 3.86. The second kappa shape index (κ2) is 7.20. The van der Waals surface area contributed by atoms with E-state index in [0.29, 0.717) is 17.1 Å². The standard InChI is InChI=1S/C20H19F4N3O2/c1-11-15-8-13(2-3-17(15)29-19(11)28)26-14-9-16(21)18(25-10-14)27-6-4-12(5-7-27)20(22,23)24/h2-3,8-12,26H,4-7H2,1H3. The third-order valence-corrected chi connectivity index (χ3v) is 5.41. The topological polar surface area (TPSA) is 54.5 Å². The van der Waals surface area contributed by atoms with Crippen molar-refractivity contribution in [1.82, 2.24) is 4.98 Å². The summed E-state index contributed by atoms with van der Waals surface area (Å²) in [5.74, 6) is -2.07. The van der Waals surface area contributed by atoms with Gasteiger partial charge in [0.2, 0.25) is 0 Å². The van der Waals surface area contributed by atoms with Crippen LogP contribution in [0.5, 0.6) is 5.75 Å². The highest BCUT2D eigenvalue weighted by Gasteiger charge is 2.41. The second-order valence-electron chi connectivity index (χ2n) is 7.35. The van der Waals surface area contributed by atoms with Gasteiger partial charge in [0, 0.05) is 30.4 Å². The number of benzene rings is 1. The van der Waals surface area contributed by atoms with Gasteiger partial charge in [-0.2, -0.15) is 13.2 Å². The number of piperidine rings is 1. The SMILES string of the molecule is CC1C(=O)Oc2ccc(Nc3cnc(N4CCC(C(F)(F)F)CC4)c(F)c3)cc21. The number of pyridine rings is 1. The molecule has 0 radical (unpaired) electrons. The van der Waals surface area contributed by atoms with E-state index in [2.05, 4.69) is 10.3 Å². The average Bonchev–Trinajstić information content (AvgIpc) is 2.95. The van der Waals surface area contributed by atoms with E-state index in [9.17, 15) is 22.4 Å². The Kier molecular flexibility index (Phi) is 4.84. The molecule has 2 aliphatic heterocycles. The molecule has 0 amide bonds. The molecule has 29 heavy (non-hydrogen) atoms. The van der Waals surface area contributed by atoms with Crippen molar-refractivity contribution < 1.29 is 27.1 Å². The van der Waals surface area contributed by atoms with E-state index in [4.69, 9.17) is 4.74 Å². The lowest BCUT2D eigenvalue weighted by Gasteiger charge is -2.33. The summed E-state index contributed by atoms with van der Waals surface area (Å²) < 4.78 is 58.1. The van der Waals surface area contributed by atoms with E-state index >= 15 is 0 Å². The zero-order valence-electron chi connectivity index (χ0n) is 15.6. The predicted molar refractivity (Wildman–Crippen MR) is 99.0 cm³/mol. The molecule has 0 spiro atoms. The quantitative estimate of drug-likeness (QED) is 0.450. The summed E-state index contributed by atoms with van der Waals surface area (Å²) in [5.41, 5.74) is 1.79. The number of esters is 1. The Bertz CT molecular complexity index is 940.